The van der Waals surface area contributed by atoms with E-state index in [2.05, 4.69) is 42.1 Å². The van der Waals surface area contributed by atoms with Gasteiger partial charge >= 0.3 is 0 Å². The number of nitrogens with zero attached hydrogens (tertiary/aromatic N) is 1. The van der Waals surface area contributed by atoms with Crippen LogP contribution in [-0.4, -0.2) is 37.5 Å². The zero-order chi connectivity index (χ0) is 13.8. The van der Waals surface area contributed by atoms with Gasteiger partial charge in [-0.1, -0.05) is 6.07 Å². The summed E-state index contributed by atoms with van der Waals surface area (Å²) in [6.07, 6.45) is -2.41. The van der Waals surface area contributed by atoms with E-state index in [-0.39, 0.29) is 24.9 Å². The van der Waals surface area contributed by atoms with E-state index < -0.39 is 6.43 Å². The lowest BCUT2D eigenvalue weighted by Crippen LogP contribution is -2.45. The largest absolute Gasteiger partial charge is 0.314 e. The molecule has 1 fully saturated rings. The maximum absolute atomic E-state index is 12.8. The molecule has 1 atom stereocenters. The molecular formula is C13H17Br2ClF2N2. The predicted molar refractivity (Wildman–Crippen MR) is 86.9 cm³/mol. The van der Waals surface area contributed by atoms with Crippen LogP contribution in [0.4, 0.5) is 8.78 Å². The molecule has 0 bridgehead atoms. The Hall–Kier alpha value is 0.250. The smallest absolute Gasteiger partial charge is 0.240 e. The van der Waals surface area contributed by atoms with Crippen LogP contribution in [-0.2, 0) is 0 Å². The van der Waals surface area contributed by atoms with E-state index in [1.807, 2.05) is 18.2 Å². The second-order valence-electron chi connectivity index (χ2n) is 4.60. The molecule has 0 unspecified atom stereocenters. The number of piperazine rings is 1. The fourth-order valence-electron chi connectivity index (χ4n) is 2.38. The van der Waals surface area contributed by atoms with Gasteiger partial charge in [0.25, 0.3) is 0 Å². The molecule has 0 aliphatic carbocycles. The summed E-state index contributed by atoms with van der Waals surface area (Å²) in [5, 5.41) is 3.25. The Kier molecular flexibility index (Phi) is 7.90. The van der Waals surface area contributed by atoms with E-state index in [1.165, 1.54) is 0 Å². The number of hydrogen-bond acceptors (Lipinski definition) is 2. The van der Waals surface area contributed by atoms with Gasteiger partial charge in [0.2, 0.25) is 6.43 Å². The lowest BCUT2D eigenvalue weighted by molar-refractivity contribution is 0.0739. The molecule has 7 heteroatoms. The summed E-state index contributed by atoms with van der Waals surface area (Å²) in [5.74, 6) is 0. The van der Waals surface area contributed by atoms with Crippen molar-refractivity contribution in [1.29, 1.82) is 0 Å². The highest BCUT2D eigenvalue weighted by Gasteiger charge is 2.25. The predicted octanol–water partition coefficient (Wildman–Crippen LogP) is 4.23. The first kappa shape index (κ1) is 18.3. The summed E-state index contributed by atoms with van der Waals surface area (Å²) in [6.45, 7) is 3.34. The van der Waals surface area contributed by atoms with Gasteiger partial charge in [-0.2, -0.15) is 0 Å². The highest BCUT2D eigenvalue weighted by molar-refractivity contribution is 9.13. The number of halogens is 5. The molecule has 114 valence electrons. The van der Waals surface area contributed by atoms with E-state index >= 15 is 0 Å². The van der Waals surface area contributed by atoms with Crippen molar-refractivity contribution in [2.75, 3.05) is 26.2 Å². The molecule has 0 spiro atoms. The Morgan fingerprint density at radius 3 is 2.35 bits per heavy atom. The summed E-state index contributed by atoms with van der Waals surface area (Å²) in [7, 11) is 0. The third kappa shape index (κ3) is 4.91. The molecule has 1 aromatic rings. The summed E-state index contributed by atoms with van der Waals surface area (Å²) in [6, 6.07) is 5.54. The first-order valence-electron chi connectivity index (χ1n) is 6.26. The van der Waals surface area contributed by atoms with Crippen LogP contribution in [0.25, 0.3) is 0 Å². The van der Waals surface area contributed by atoms with E-state index in [1.54, 1.807) is 0 Å². The van der Waals surface area contributed by atoms with E-state index in [0.717, 1.165) is 40.7 Å². The molecule has 0 saturated carbocycles. The third-order valence-electron chi connectivity index (χ3n) is 3.32. The monoisotopic (exact) mass is 432 g/mol. The van der Waals surface area contributed by atoms with Crippen molar-refractivity contribution in [2.45, 2.75) is 18.9 Å². The average molecular weight is 435 g/mol. The summed E-state index contributed by atoms with van der Waals surface area (Å²) < 4.78 is 27.5. The molecule has 1 aliphatic rings. The Labute approximate surface area is 141 Å². The Morgan fingerprint density at radius 2 is 1.80 bits per heavy atom. The van der Waals surface area contributed by atoms with Gasteiger partial charge in [0.15, 0.2) is 0 Å². The highest BCUT2D eigenvalue weighted by atomic mass is 79.9. The van der Waals surface area contributed by atoms with Gasteiger partial charge in [0.1, 0.15) is 0 Å². The van der Waals surface area contributed by atoms with Crippen LogP contribution in [0.2, 0.25) is 0 Å². The summed E-state index contributed by atoms with van der Waals surface area (Å²) in [4.78, 5) is 2.14. The van der Waals surface area contributed by atoms with Gasteiger partial charge < -0.3 is 5.32 Å². The molecular weight excluding hydrogens is 417 g/mol. The lowest BCUT2D eigenvalue weighted by Gasteiger charge is -2.35. The van der Waals surface area contributed by atoms with Crippen LogP contribution >= 0.6 is 44.3 Å². The molecule has 1 N–H and O–H groups in total. The Morgan fingerprint density at radius 1 is 1.15 bits per heavy atom. The van der Waals surface area contributed by atoms with Crippen molar-refractivity contribution >= 4 is 44.3 Å². The number of alkyl halides is 2. The molecule has 20 heavy (non-hydrogen) atoms. The number of hydrogen-bond donors (Lipinski definition) is 1. The molecule has 0 amide bonds. The molecule has 2 nitrogen and oxygen atoms in total. The maximum atomic E-state index is 12.8. The van der Waals surface area contributed by atoms with Crippen molar-refractivity contribution in [3.05, 3.63) is 32.7 Å². The summed E-state index contributed by atoms with van der Waals surface area (Å²) >= 11 is 6.85. The van der Waals surface area contributed by atoms with Crippen molar-refractivity contribution in [3.8, 4) is 0 Å². The minimum Gasteiger partial charge on any atom is -0.314 e. The first-order valence-corrected chi connectivity index (χ1v) is 7.84. The quantitative estimate of drug-likeness (QED) is 0.763. The van der Waals surface area contributed by atoms with E-state index in [9.17, 15) is 8.78 Å². The van der Waals surface area contributed by atoms with E-state index in [4.69, 9.17) is 0 Å². The first-order chi connectivity index (χ1) is 9.08. The van der Waals surface area contributed by atoms with Crippen molar-refractivity contribution in [3.63, 3.8) is 0 Å². The standard InChI is InChI=1S/C13H16Br2F2N2.ClH/c14-10-2-1-9(7-11(10)15)12(8-13(16)17)19-5-3-18-4-6-19;/h1-2,7,12-13,18H,3-6,8H2;1H/t12-;/m0./s1. The molecule has 0 radical (unpaired) electrons. The highest BCUT2D eigenvalue weighted by Crippen LogP contribution is 2.32. The van der Waals surface area contributed by atoms with Gasteiger partial charge in [0.05, 0.1) is 0 Å². The second kappa shape index (κ2) is 8.63. The molecule has 1 aliphatic heterocycles. The van der Waals surface area contributed by atoms with Crippen LogP contribution in [0.5, 0.6) is 0 Å². The van der Waals surface area contributed by atoms with Crippen LogP contribution in [0.3, 0.4) is 0 Å². The van der Waals surface area contributed by atoms with Gasteiger partial charge in [-0.15, -0.1) is 12.4 Å². The number of rotatable bonds is 4. The van der Waals surface area contributed by atoms with Crippen molar-refractivity contribution in [1.82, 2.24) is 10.2 Å². The van der Waals surface area contributed by atoms with Crippen LogP contribution in [0.15, 0.2) is 27.1 Å². The minimum absolute atomic E-state index is 0. The van der Waals surface area contributed by atoms with Crippen LogP contribution in [0, 0.1) is 0 Å². The van der Waals surface area contributed by atoms with Crippen molar-refractivity contribution in [2.24, 2.45) is 0 Å². The normalized spacial score (nSPS) is 17.9. The fraction of sp³-hybridized carbons (Fsp3) is 0.538. The average Bonchev–Trinajstić information content (AvgIpc) is 2.40. The number of benzene rings is 1. The van der Waals surface area contributed by atoms with E-state index in [0.29, 0.717) is 0 Å². The molecule has 2 rings (SSSR count). The topological polar surface area (TPSA) is 15.3 Å². The van der Waals surface area contributed by atoms with Gasteiger partial charge in [-0.25, -0.2) is 8.78 Å². The zero-order valence-corrected chi connectivity index (χ0v) is 14.8. The molecule has 0 aromatic heterocycles. The summed E-state index contributed by atoms with van der Waals surface area (Å²) in [5.41, 5.74) is 0.942. The van der Waals surface area contributed by atoms with Gasteiger partial charge in [-0.3, -0.25) is 4.90 Å². The maximum Gasteiger partial charge on any atom is 0.240 e. The second-order valence-corrected chi connectivity index (χ2v) is 6.31. The Bertz CT molecular complexity index is 429. The molecule has 1 aromatic carbocycles. The lowest BCUT2D eigenvalue weighted by atomic mass is 10.0. The third-order valence-corrected chi connectivity index (χ3v) is 5.20. The van der Waals surface area contributed by atoms with Crippen molar-refractivity contribution < 1.29 is 8.78 Å². The zero-order valence-electron chi connectivity index (χ0n) is 10.8. The molecule has 1 saturated heterocycles. The van der Waals surface area contributed by atoms with Gasteiger partial charge in [0, 0.05) is 47.6 Å². The Balaban J connectivity index is 0.00000200. The number of nitrogens with one attached hydrogen (secondary N) is 1. The van der Waals surface area contributed by atoms with Crippen LogP contribution < -0.4 is 5.32 Å². The fourth-order valence-corrected chi connectivity index (χ4v) is 3.02. The molecule has 1 heterocycles. The van der Waals surface area contributed by atoms with Crippen LogP contribution in [0.1, 0.15) is 18.0 Å². The van der Waals surface area contributed by atoms with Gasteiger partial charge in [-0.05, 0) is 49.6 Å². The minimum atomic E-state index is -2.29. The SMILES string of the molecule is Cl.FC(F)C[C@@H](c1ccc(Br)c(Br)c1)N1CCNCC1.